The van der Waals surface area contributed by atoms with Gasteiger partial charge in [-0.2, -0.15) is 0 Å². The minimum atomic E-state index is 0.957. The molecular formula is C19H28N2. The van der Waals surface area contributed by atoms with Gasteiger partial charge >= 0.3 is 0 Å². The Bertz CT molecular complexity index is 411. The van der Waals surface area contributed by atoms with Gasteiger partial charge in [0.05, 0.1) is 0 Å². The Balaban J connectivity index is 1.91. The number of rotatable bonds is 0. The number of aliphatic imine (C=N–C) groups is 2. The monoisotopic (exact) mass is 284 g/mol. The predicted molar refractivity (Wildman–Crippen MR) is 92.9 cm³/mol. The van der Waals surface area contributed by atoms with Gasteiger partial charge in [-0.05, 0) is 30.0 Å². The first kappa shape index (κ1) is 15.9. The van der Waals surface area contributed by atoms with E-state index in [-0.39, 0.29) is 0 Å². The van der Waals surface area contributed by atoms with Gasteiger partial charge in [-0.1, -0.05) is 63.1 Å². The lowest BCUT2D eigenvalue weighted by Gasteiger charge is -2.02. The van der Waals surface area contributed by atoms with Crippen LogP contribution in [-0.2, 0) is 0 Å². The van der Waals surface area contributed by atoms with Crippen molar-refractivity contribution in [3.8, 4) is 0 Å². The van der Waals surface area contributed by atoms with Gasteiger partial charge in [0, 0.05) is 25.5 Å². The SMILES string of the molecule is C1=NCCCCCCCCCCCN=Cc2cccc1c2. The van der Waals surface area contributed by atoms with Crippen LogP contribution in [0.1, 0.15) is 68.9 Å². The number of benzene rings is 1. The molecule has 2 rings (SSSR count). The summed E-state index contributed by atoms with van der Waals surface area (Å²) in [5.74, 6) is 0. The van der Waals surface area contributed by atoms with Crippen LogP contribution in [0, 0.1) is 0 Å². The first-order chi connectivity index (χ1) is 10.4. The average Bonchev–Trinajstić information content (AvgIpc) is 2.51. The normalized spacial score (nSPS) is 18.9. The van der Waals surface area contributed by atoms with Crippen molar-refractivity contribution in [2.24, 2.45) is 9.98 Å². The maximum Gasteiger partial charge on any atom is 0.0389 e. The van der Waals surface area contributed by atoms with Crippen molar-refractivity contribution in [2.45, 2.75) is 57.8 Å². The minimum Gasteiger partial charge on any atom is -0.293 e. The lowest BCUT2D eigenvalue weighted by molar-refractivity contribution is 0.563. The molecule has 2 heteroatoms. The van der Waals surface area contributed by atoms with E-state index in [1.807, 2.05) is 12.4 Å². The third-order valence-corrected chi connectivity index (χ3v) is 3.97. The number of fused-ring (bicyclic) bond motifs is 2. The van der Waals surface area contributed by atoms with Crippen LogP contribution < -0.4 is 0 Å². The molecule has 0 atom stereocenters. The maximum atomic E-state index is 4.54. The van der Waals surface area contributed by atoms with E-state index in [2.05, 4.69) is 34.3 Å². The first-order valence-corrected chi connectivity index (χ1v) is 8.55. The third-order valence-electron chi connectivity index (χ3n) is 3.97. The van der Waals surface area contributed by atoms with Crippen molar-refractivity contribution in [3.05, 3.63) is 35.4 Å². The van der Waals surface area contributed by atoms with Crippen LogP contribution in [0.15, 0.2) is 34.3 Å². The third kappa shape index (κ3) is 7.22. The zero-order chi connectivity index (χ0) is 14.6. The highest BCUT2D eigenvalue weighted by atomic mass is 14.7. The van der Waals surface area contributed by atoms with Gasteiger partial charge in [0.2, 0.25) is 0 Å². The molecule has 21 heavy (non-hydrogen) atoms. The van der Waals surface area contributed by atoms with Crippen LogP contribution in [-0.4, -0.2) is 25.5 Å². The highest BCUT2D eigenvalue weighted by Crippen LogP contribution is 2.10. The smallest absolute Gasteiger partial charge is 0.0389 e. The van der Waals surface area contributed by atoms with E-state index in [9.17, 15) is 0 Å². The predicted octanol–water partition coefficient (Wildman–Crippen LogP) is 5.05. The molecule has 0 spiro atoms. The number of nitrogens with zero attached hydrogens (tertiary/aromatic N) is 2. The fourth-order valence-corrected chi connectivity index (χ4v) is 2.70. The summed E-state index contributed by atoms with van der Waals surface area (Å²) in [5, 5.41) is 0. The zero-order valence-corrected chi connectivity index (χ0v) is 13.1. The number of hydrogen-bond acceptors (Lipinski definition) is 2. The molecular weight excluding hydrogens is 256 g/mol. The summed E-state index contributed by atoms with van der Waals surface area (Å²) >= 11 is 0. The van der Waals surface area contributed by atoms with E-state index >= 15 is 0 Å². The summed E-state index contributed by atoms with van der Waals surface area (Å²) in [6, 6.07) is 8.47. The fraction of sp³-hybridized carbons (Fsp3) is 0.579. The molecule has 0 fully saturated rings. The number of hydrogen-bond donors (Lipinski definition) is 0. The summed E-state index contributed by atoms with van der Waals surface area (Å²) in [4.78, 5) is 9.08. The minimum absolute atomic E-state index is 0.957. The first-order valence-electron chi connectivity index (χ1n) is 8.55. The molecule has 0 unspecified atom stereocenters. The van der Waals surface area contributed by atoms with Crippen LogP contribution in [0.2, 0.25) is 0 Å². The largest absolute Gasteiger partial charge is 0.293 e. The van der Waals surface area contributed by atoms with E-state index in [1.165, 1.54) is 68.9 Å². The Morgan fingerprint density at radius 3 is 1.48 bits per heavy atom. The van der Waals surface area contributed by atoms with Gasteiger partial charge in [-0.25, -0.2) is 0 Å². The molecule has 2 bridgehead atoms. The Morgan fingerprint density at radius 1 is 0.571 bits per heavy atom. The van der Waals surface area contributed by atoms with Gasteiger partial charge in [0.1, 0.15) is 0 Å². The second-order valence-electron chi connectivity index (χ2n) is 5.92. The zero-order valence-electron chi connectivity index (χ0n) is 13.1. The summed E-state index contributed by atoms with van der Waals surface area (Å²) in [5.41, 5.74) is 2.36. The fourth-order valence-electron chi connectivity index (χ4n) is 2.70. The summed E-state index contributed by atoms with van der Waals surface area (Å²) in [6.45, 7) is 1.91. The summed E-state index contributed by atoms with van der Waals surface area (Å²) in [7, 11) is 0. The topological polar surface area (TPSA) is 24.7 Å². The van der Waals surface area contributed by atoms with Gasteiger partial charge in [-0.15, -0.1) is 0 Å². The van der Waals surface area contributed by atoms with Crippen molar-refractivity contribution in [1.82, 2.24) is 0 Å². The lowest BCUT2D eigenvalue weighted by Crippen LogP contribution is -1.90. The van der Waals surface area contributed by atoms with E-state index in [0.717, 1.165) is 13.1 Å². The molecule has 0 amide bonds. The maximum absolute atomic E-state index is 4.54. The summed E-state index contributed by atoms with van der Waals surface area (Å²) < 4.78 is 0. The van der Waals surface area contributed by atoms with E-state index in [4.69, 9.17) is 0 Å². The van der Waals surface area contributed by atoms with Gasteiger partial charge in [0.25, 0.3) is 0 Å². The summed E-state index contributed by atoms with van der Waals surface area (Å²) in [6.07, 6.45) is 16.0. The van der Waals surface area contributed by atoms with Gasteiger partial charge in [-0.3, -0.25) is 9.98 Å². The molecule has 0 aromatic heterocycles. The van der Waals surface area contributed by atoms with Gasteiger partial charge in [0.15, 0.2) is 0 Å². The van der Waals surface area contributed by atoms with Crippen molar-refractivity contribution >= 4 is 12.4 Å². The standard InChI is InChI=1S/C19H28N2/c1-2-4-6-8-13-20-16-18-11-10-12-19(15-18)17-21-14-9-7-5-3-1/h10-12,15-17H,1-9,13-14H2. The molecule has 0 aliphatic carbocycles. The Labute approximate surface area is 129 Å². The second-order valence-corrected chi connectivity index (χ2v) is 5.92. The molecule has 1 aromatic rings. The molecule has 0 saturated carbocycles. The van der Waals surface area contributed by atoms with Gasteiger partial charge < -0.3 is 0 Å². The van der Waals surface area contributed by atoms with E-state index < -0.39 is 0 Å². The molecule has 0 saturated heterocycles. The van der Waals surface area contributed by atoms with E-state index in [0.29, 0.717) is 0 Å². The van der Waals surface area contributed by atoms with Crippen molar-refractivity contribution in [2.75, 3.05) is 13.1 Å². The average molecular weight is 284 g/mol. The second kappa shape index (κ2) is 10.3. The van der Waals surface area contributed by atoms with Crippen LogP contribution in [0.3, 0.4) is 0 Å². The van der Waals surface area contributed by atoms with Crippen LogP contribution in [0.4, 0.5) is 0 Å². The van der Waals surface area contributed by atoms with Crippen molar-refractivity contribution in [1.29, 1.82) is 0 Å². The van der Waals surface area contributed by atoms with Crippen LogP contribution in [0.25, 0.3) is 0 Å². The molecule has 1 aromatic carbocycles. The lowest BCUT2D eigenvalue weighted by atomic mass is 10.1. The molecule has 0 radical (unpaired) electrons. The van der Waals surface area contributed by atoms with Crippen molar-refractivity contribution in [3.63, 3.8) is 0 Å². The molecule has 0 N–H and O–H groups in total. The quantitative estimate of drug-likeness (QED) is 0.637. The van der Waals surface area contributed by atoms with E-state index in [1.54, 1.807) is 0 Å². The molecule has 1 aliphatic heterocycles. The Hall–Kier alpha value is -1.44. The highest BCUT2D eigenvalue weighted by Gasteiger charge is 1.94. The van der Waals surface area contributed by atoms with Crippen molar-refractivity contribution < 1.29 is 0 Å². The molecule has 1 heterocycles. The van der Waals surface area contributed by atoms with Crippen LogP contribution >= 0.6 is 0 Å². The molecule has 2 nitrogen and oxygen atoms in total. The highest BCUT2D eigenvalue weighted by molar-refractivity contribution is 5.86. The molecule has 114 valence electrons. The Morgan fingerprint density at radius 2 is 1.00 bits per heavy atom. The Kier molecular flexibility index (Phi) is 7.83. The molecule has 1 aliphatic rings. The van der Waals surface area contributed by atoms with Crippen LogP contribution in [0.5, 0.6) is 0 Å².